The van der Waals surface area contributed by atoms with Gasteiger partial charge in [0.15, 0.2) is 11.4 Å². The topological polar surface area (TPSA) is 111 Å². The van der Waals surface area contributed by atoms with E-state index in [-0.39, 0.29) is 17.0 Å². The number of benzene rings is 1. The van der Waals surface area contributed by atoms with Crippen molar-refractivity contribution in [1.82, 2.24) is 19.0 Å². The lowest BCUT2D eigenvalue weighted by molar-refractivity contribution is 0.372. The van der Waals surface area contributed by atoms with E-state index in [1.807, 2.05) is 0 Å². The van der Waals surface area contributed by atoms with Gasteiger partial charge in [-0.15, -0.1) is 0 Å². The Morgan fingerprint density at radius 3 is 2.59 bits per heavy atom. The number of hydrogen-bond acceptors (Lipinski definition) is 7. The van der Waals surface area contributed by atoms with Crippen LogP contribution >= 0.6 is 0 Å². The van der Waals surface area contributed by atoms with Gasteiger partial charge in [-0.25, -0.2) is 13.2 Å². The van der Waals surface area contributed by atoms with Crippen molar-refractivity contribution in [1.29, 1.82) is 0 Å². The minimum atomic E-state index is -3.62. The maximum absolute atomic E-state index is 13.0. The van der Waals surface area contributed by atoms with Gasteiger partial charge in [-0.05, 0) is 37.8 Å². The molecule has 0 unspecified atom stereocenters. The van der Waals surface area contributed by atoms with Crippen molar-refractivity contribution >= 4 is 21.1 Å². The normalized spacial score (nSPS) is 18.9. The van der Waals surface area contributed by atoms with Crippen molar-refractivity contribution in [2.75, 3.05) is 13.1 Å². The number of rotatable bonds is 5. The van der Waals surface area contributed by atoms with Crippen LogP contribution in [0.2, 0.25) is 0 Å². The van der Waals surface area contributed by atoms with Gasteiger partial charge in [0.25, 0.3) is 0 Å². The molecule has 1 saturated carbocycles. The lowest BCUT2D eigenvalue weighted by Crippen LogP contribution is -2.31. The zero-order chi connectivity index (χ0) is 20.0. The van der Waals surface area contributed by atoms with Gasteiger partial charge in [0.05, 0.1) is 17.0 Å². The highest BCUT2D eigenvalue weighted by atomic mass is 32.2. The van der Waals surface area contributed by atoms with Gasteiger partial charge in [0.1, 0.15) is 0 Å². The highest BCUT2D eigenvalue weighted by Crippen LogP contribution is 2.38. The molecule has 9 nitrogen and oxygen atoms in total. The molecule has 2 aromatic heterocycles. The predicted octanol–water partition coefficient (Wildman–Crippen LogP) is 2.47. The van der Waals surface area contributed by atoms with Crippen LogP contribution in [0, 0.1) is 0 Å². The highest BCUT2D eigenvalue weighted by molar-refractivity contribution is 7.89. The molecule has 0 bridgehead atoms. The average molecular weight is 418 g/mol. The Morgan fingerprint density at radius 1 is 1.10 bits per heavy atom. The summed E-state index contributed by atoms with van der Waals surface area (Å²) in [7, 11) is -3.62. The van der Waals surface area contributed by atoms with E-state index >= 15 is 0 Å². The van der Waals surface area contributed by atoms with E-state index in [4.69, 9.17) is 8.94 Å². The first-order chi connectivity index (χ1) is 14.0. The maximum Gasteiger partial charge on any atom is 0.420 e. The maximum atomic E-state index is 13.0. The van der Waals surface area contributed by atoms with Crippen LogP contribution in [-0.2, 0) is 16.6 Å². The van der Waals surface area contributed by atoms with Crippen molar-refractivity contribution in [3.8, 4) is 0 Å². The number of oxazole rings is 1. The van der Waals surface area contributed by atoms with Gasteiger partial charge in [0, 0.05) is 25.1 Å². The number of nitrogens with zero attached hydrogens (tertiary/aromatic N) is 4. The van der Waals surface area contributed by atoms with Crippen LogP contribution in [0.5, 0.6) is 0 Å². The lowest BCUT2D eigenvalue weighted by Gasteiger charge is -2.19. The highest BCUT2D eigenvalue weighted by Gasteiger charge is 2.30. The zero-order valence-corrected chi connectivity index (χ0v) is 16.7. The molecule has 2 aliphatic rings. The third kappa shape index (κ3) is 3.51. The van der Waals surface area contributed by atoms with E-state index in [0.29, 0.717) is 36.2 Å². The molecule has 0 spiro atoms. The molecule has 0 amide bonds. The third-order valence-electron chi connectivity index (χ3n) is 5.55. The molecule has 1 aromatic carbocycles. The molecule has 154 valence electrons. The van der Waals surface area contributed by atoms with Crippen LogP contribution < -0.4 is 5.76 Å². The van der Waals surface area contributed by atoms with E-state index < -0.39 is 15.8 Å². The van der Waals surface area contributed by atoms with E-state index in [9.17, 15) is 13.2 Å². The van der Waals surface area contributed by atoms with Gasteiger partial charge >= 0.3 is 5.76 Å². The van der Waals surface area contributed by atoms with Gasteiger partial charge < -0.3 is 8.94 Å². The zero-order valence-electron chi connectivity index (χ0n) is 15.9. The fraction of sp³-hybridized carbons (Fsp3) is 0.526. The molecule has 2 fully saturated rings. The summed E-state index contributed by atoms with van der Waals surface area (Å²) in [6.07, 6.45) is 5.90. The number of aromatic nitrogens is 3. The van der Waals surface area contributed by atoms with Gasteiger partial charge in [-0.3, -0.25) is 4.57 Å². The Labute approximate surface area is 167 Å². The summed E-state index contributed by atoms with van der Waals surface area (Å²) in [5.74, 6) is 0.757. The van der Waals surface area contributed by atoms with Crippen molar-refractivity contribution in [3.05, 3.63) is 40.5 Å². The Hall–Kier alpha value is -2.46. The van der Waals surface area contributed by atoms with Crippen LogP contribution in [0.15, 0.2) is 36.8 Å². The van der Waals surface area contributed by atoms with Crippen LogP contribution in [-0.4, -0.2) is 40.5 Å². The summed E-state index contributed by atoms with van der Waals surface area (Å²) in [6.45, 7) is 1.15. The minimum absolute atomic E-state index is 0.111. The van der Waals surface area contributed by atoms with E-state index in [1.54, 1.807) is 6.07 Å². The first-order valence-electron chi connectivity index (χ1n) is 9.98. The number of fused-ring (bicyclic) bond motifs is 1. The minimum Gasteiger partial charge on any atom is -0.408 e. The fourth-order valence-corrected chi connectivity index (χ4v) is 5.29. The number of sulfonamides is 1. The standard InChI is InChI=1S/C19H22N4O5S/c24-19-23(12-17-20-18(28-21-17)13-5-6-13)15-8-7-14(11-16(15)27-19)29(25,26)22-9-3-1-2-4-10-22/h7-8,11,13H,1-6,9-10,12H2. The molecule has 29 heavy (non-hydrogen) atoms. The van der Waals surface area contributed by atoms with Gasteiger partial charge in [-0.1, -0.05) is 18.0 Å². The average Bonchev–Trinajstić information content (AvgIpc) is 3.45. The van der Waals surface area contributed by atoms with Crippen LogP contribution in [0.3, 0.4) is 0 Å². The molecule has 0 radical (unpaired) electrons. The van der Waals surface area contributed by atoms with E-state index in [0.717, 1.165) is 38.5 Å². The van der Waals surface area contributed by atoms with Crippen LogP contribution in [0.1, 0.15) is 56.2 Å². The van der Waals surface area contributed by atoms with E-state index in [1.165, 1.54) is 21.0 Å². The molecular weight excluding hydrogens is 396 g/mol. The summed E-state index contributed by atoms with van der Waals surface area (Å²) in [5, 5.41) is 3.94. The molecule has 3 heterocycles. The first kappa shape index (κ1) is 18.6. The second-order valence-corrected chi connectivity index (χ2v) is 9.66. The second-order valence-electron chi connectivity index (χ2n) is 7.73. The summed E-state index contributed by atoms with van der Waals surface area (Å²) in [4.78, 5) is 16.8. The third-order valence-corrected chi connectivity index (χ3v) is 7.45. The monoisotopic (exact) mass is 418 g/mol. The smallest absolute Gasteiger partial charge is 0.408 e. The van der Waals surface area contributed by atoms with Crippen molar-refractivity contribution in [2.24, 2.45) is 0 Å². The summed E-state index contributed by atoms with van der Waals surface area (Å²) in [5.41, 5.74) is 0.736. The molecule has 5 rings (SSSR count). The predicted molar refractivity (Wildman–Crippen MR) is 103 cm³/mol. The summed E-state index contributed by atoms with van der Waals surface area (Å²) in [6, 6.07) is 4.56. The Balaban J connectivity index is 1.45. The quantitative estimate of drug-likeness (QED) is 0.626. The summed E-state index contributed by atoms with van der Waals surface area (Å²) < 4.78 is 39.5. The molecule has 1 saturated heterocycles. The molecule has 1 aliphatic heterocycles. The van der Waals surface area contributed by atoms with Crippen molar-refractivity contribution < 1.29 is 17.4 Å². The SMILES string of the molecule is O=c1oc2cc(S(=O)(=O)N3CCCCCC3)ccc2n1Cc1noc(C2CC2)n1. The lowest BCUT2D eigenvalue weighted by atomic mass is 10.2. The molecule has 0 atom stereocenters. The Morgan fingerprint density at radius 2 is 1.86 bits per heavy atom. The number of hydrogen-bond donors (Lipinski definition) is 0. The molecule has 3 aromatic rings. The molecule has 10 heteroatoms. The van der Waals surface area contributed by atoms with Crippen molar-refractivity contribution in [3.63, 3.8) is 0 Å². The van der Waals surface area contributed by atoms with Crippen LogP contribution in [0.4, 0.5) is 0 Å². The fourth-order valence-electron chi connectivity index (χ4n) is 3.76. The van der Waals surface area contributed by atoms with Crippen LogP contribution in [0.25, 0.3) is 11.1 Å². The second kappa shape index (κ2) is 7.10. The van der Waals surface area contributed by atoms with Gasteiger partial charge in [-0.2, -0.15) is 9.29 Å². The first-order valence-corrected chi connectivity index (χ1v) is 11.4. The Kier molecular flexibility index (Phi) is 4.54. The molecule has 0 N–H and O–H groups in total. The van der Waals surface area contributed by atoms with E-state index in [2.05, 4.69) is 10.1 Å². The van der Waals surface area contributed by atoms with Gasteiger partial charge in [0.2, 0.25) is 15.9 Å². The molecule has 1 aliphatic carbocycles. The largest absolute Gasteiger partial charge is 0.420 e. The summed E-state index contributed by atoms with van der Waals surface area (Å²) >= 11 is 0. The molecular formula is C19H22N4O5S. The Bertz CT molecular complexity index is 1200. The van der Waals surface area contributed by atoms with Crippen molar-refractivity contribution in [2.45, 2.75) is 55.9 Å².